The van der Waals surface area contributed by atoms with Crippen LogP contribution in [0, 0.1) is 0 Å². The highest BCUT2D eigenvalue weighted by molar-refractivity contribution is 4.96. The quantitative estimate of drug-likeness (QED) is 0.458. The third kappa shape index (κ3) is 0.644. The Bertz CT molecular complexity index is 88.7. The Hall–Kier alpha value is -0.0800. The fraction of sp³-hybridized carbons (Fsp3) is 1.00. The Morgan fingerprint density at radius 1 is 1.12 bits per heavy atom. The minimum Gasteiger partial charge on any atom is -0.376 e. The molecule has 1 heterocycles. The van der Waals surface area contributed by atoms with E-state index in [0.29, 0.717) is 0 Å². The lowest BCUT2D eigenvalue weighted by atomic mass is 10.3. The topological polar surface area (TPSA) is 18.5 Å². The van der Waals surface area contributed by atoms with Crippen molar-refractivity contribution in [2.24, 2.45) is 0 Å². The summed E-state index contributed by atoms with van der Waals surface area (Å²) in [5, 5.41) is 0. The van der Waals surface area contributed by atoms with Crippen LogP contribution in [0.2, 0.25) is 0 Å². The zero-order valence-corrected chi connectivity index (χ0v) is 4.85. The molecule has 0 aromatic heterocycles. The van der Waals surface area contributed by atoms with Crippen LogP contribution in [0.5, 0.6) is 0 Å². The van der Waals surface area contributed by atoms with E-state index in [1.807, 2.05) is 0 Å². The predicted octanol–water partition coefficient (Wildman–Crippen LogP) is 0.566. The van der Waals surface area contributed by atoms with Crippen LogP contribution in [0.4, 0.5) is 0 Å². The van der Waals surface area contributed by atoms with Crippen LogP contribution >= 0.6 is 0 Å². The van der Waals surface area contributed by atoms with Gasteiger partial charge in [0.15, 0.2) is 0 Å². The van der Waals surface area contributed by atoms with Crippen LogP contribution in [0.3, 0.4) is 0 Å². The highest BCUT2D eigenvalue weighted by atomic mass is 16.6. The van der Waals surface area contributed by atoms with Crippen LogP contribution in [-0.2, 0) is 9.47 Å². The maximum atomic E-state index is 5.45. The summed E-state index contributed by atoms with van der Waals surface area (Å²) in [6.07, 6.45) is 2.43. The van der Waals surface area contributed by atoms with Crippen molar-refractivity contribution in [3.8, 4) is 0 Å². The number of hydrogen-bond donors (Lipinski definition) is 0. The molecule has 2 fully saturated rings. The first kappa shape index (κ1) is 4.77. The number of ether oxygens (including phenoxy) is 2. The van der Waals surface area contributed by atoms with E-state index in [0.717, 1.165) is 19.8 Å². The van der Waals surface area contributed by atoms with Gasteiger partial charge in [0.2, 0.25) is 0 Å². The SMILES string of the molecule is C1COC2(CC2)CO1. The lowest BCUT2D eigenvalue weighted by molar-refractivity contribution is -0.104. The first-order valence-electron chi connectivity index (χ1n) is 3.13. The normalized spacial score (nSPS) is 33.0. The molecule has 1 spiro atoms. The van der Waals surface area contributed by atoms with Gasteiger partial charge < -0.3 is 9.47 Å². The summed E-state index contributed by atoms with van der Waals surface area (Å²) in [6, 6.07) is 0. The van der Waals surface area contributed by atoms with Gasteiger partial charge in [-0.25, -0.2) is 0 Å². The number of hydrogen-bond acceptors (Lipinski definition) is 2. The average Bonchev–Trinajstić information content (AvgIpc) is 2.52. The zero-order valence-electron chi connectivity index (χ0n) is 4.85. The molecule has 2 rings (SSSR count). The first-order chi connectivity index (χ1) is 3.91. The summed E-state index contributed by atoms with van der Waals surface area (Å²) in [5.41, 5.74) is 0.207. The summed E-state index contributed by atoms with van der Waals surface area (Å²) in [6.45, 7) is 2.44. The molecule has 0 amide bonds. The lowest BCUT2D eigenvalue weighted by Gasteiger charge is -2.21. The smallest absolute Gasteiger partial charge is 0.0918 e. The molecule has 0 N–H and O–H groups in total. The van der Waals surface area contributed by atoms with E-state index >= 15 is 0 Å². The first-order valence-corrected chi connectivity index (χ1v) is 3.13. The van der Waals surface area contributed by atoms with Crippen LogP contribution in [-0.4, -0.2) is 25.4 Å². The Kier molecular flexibility index (Phi) is 0.866. The summed E-state index contributed by atoms with van der Waals surface area (Å²) in [7, 11) is 0. The summed E-state index contributed by atoms with van der Waals surface area (Å²) in [5.74, 6) is 0. The lowest BCUT2D eigenvalue weighted by Crippen LogP contribution is -2.29. The van der Waals surface area contributed by atoms with E-state index in [1.54, 1.807) is 0 Å². The third-order valence-electron chi connectivity index (χ3n) is 1.81. The van der Waals surface area contributed by atoms with Crippen molar-refractivity contribution in [3.63, 3.8) is 0 Å². The molecule has 0 aromatic rings. The Morgan fingerprint density at radius 3 is 2.38 bits per heavy atom. The van der Waals surface area contributed by atoms with E-state index in [1.165, 1.54) is 12.8 Å². The molecule has 1 saturated carbocycles. The molecule has 2 nitrogen and oxygen atoms in total. The molecular formula is C6H10O2. The standard InChI is InChI=1S/C6H10O2/c1-2-6(1)5-7-3-4-8-6/h1-5H2. The van der Waals surface area contributed by atoms with Crippen molar-refractivity contribution in [3.05, 3.63) is 0 Å². The second-order valence-corrected chi connectivity index (χ2v) is 2.58. The average molecular weight is 114 g/mol. The monoisotopic (exact) mass is 114 g/mol. The van der Waals surface area contributed by atoms with Gasteiger partial charge in [0.05, 0.1) is 25.4 Å². The molecule has 0 unspecified atom stereocenters. The summed E-state index contributed by atoms with van der Waals surface area (Å²) < 4.78 is 10.7. The van der Waals surface area contributed by atoms with Crippen molar-refractivity contribution >= 4 is 0 Å². The van der Waals surface area contributed by atoms with Gasteiger partial charge in [-0.15, -0.1) is 0 Å². The van der Waals surface area contributed by atoms with Crippen molar-refractivity contribution < 1.29 is 9.47 Å². The molecule has 0 bridgehead atoms. The molecule has 0 aromatic carbocycles. The molecule has 0 radical (unpaired) electrons. The van der Waals surface area contributed by atoms with Crippen molar-refractivity contribution in [1.29, 1.82) is 0 Å². The highest BCUT2D eigenvalue weighted by Crippen LogP contribution is 2.40. The van der Waals surface area contributed by atoms with Crippen molar-refractivity contribution in [2.75, 3.05) is 19.8 Å². The fourth-order valence-corrected chi connectivity index (χ4v) is 1.05. The predicted molar refractivity (Wildman–Crippen MR) is 28.7 cm³/mol. The van der Waals surface area contributed by atoms with Gasteiger partial charge in [-0.1, -0.05) is 0 Å². The van der Waals surface area contributed by atoms with E-state index in [4.69, 9.17) is 9.47 Å². The van der Waals surface area contributed by atoms with Crippen LogP contribution in [0.1, 0.15) is 12.8 Å². The molecule has 2 heteroatoms. The molecule has 0 atom stereocenters. The van der Waals surface area contributed by atoms with Gasteiger partial charge in [0, 0.05) is 0 Å². The molecule has 1 aliphatic heterocycles. The molecule has 1 aliphatic carbocycles. The third-order valence-corrected chi connectivity index (χ3v) is 1.81. The van der Waals surface area contributed by atoms with Crippen LogP contribution in [0.25, 0.3) is 0 Å². The van der Waals surface area contributed by atoms with Gasteiger partial charge in [-0.2, -0.15) is 0 Å². The molecule has 2 aliphatic rings. The van der Waals surface area contributed by atoms with Crippen molar-refractivity contribution in [2.45, 2.75) is 18.4 Å². The van der Waals surface area contributed by atoms with Gasteiger partial charge >= 0.3 is 0 Å². The highest BCUT2D eigenvalue weighted by Gasteiger charge is 2.45. The van der Waals surface area contributed by atoms with E-state index in [-0.39, 0.29) is 5.60 Å². The van der Waals surface area contributed by atoms with E-state index < -0.39 is 0 Å². The Labute approximate surface area is 48.8 Å². The fourth-order valence-electron chi connectivity index (χ4n) is 1.05. The molecule has 8 heavy (non-hydrogen) atoms. The molecular weight excluding hydrogens is 104 g/mol. The minimum atomic E-state index is 0.207. The second-order valence-electron chi connectivity index (χ2n) is 2.58. The largest absolute Gasteiger partial charge is 0.376 e. The summed E-state index contributed by atoms with van der Waals surface area (Å²) >= 11 is 0. The van der Waals surface area contributed by atoms with Crippen LogP contribution < -0.4 is 0 Å². The molecule has 46 valence electrons. The molecule has 1 saturated heterocycles. The maximum Gasteiger partial charge on any atom is 0.0918 e. The Balaban J connectivity index is 1.95. The Morgan fingerprint density at radius 2 is 2.00 bits per heavy atom. The second kappa shape index (κ2) is 1.45. The zero-order chi connectivity index (χ0) is 5.45. The van der Waals surface area contributed by atoms with Gasteiger partial charge in [-0.3, -0.25) is 0 Å². The van der Waals surface area contributed by atoms with Gasteiger partial charge in [0.1, 0.15) is 0 Å². The summed E-state index contributed by atoms with van der Waals surface area (Å²) in [4.78, 5) is 0. The maximum absolute atomic E-state index is 5.45. The van der Waals surface area contributed by atoms with Gasteiger partial charge in [0.25, 0.3) is 0 Å². The van der Waals surface area contributed by atoms with Crippen molar-refractivity contribution in [1.82, 2.24) is 0 Å². The van der Waals surface area contributed by atoms with Crippen LogP contribution in [0.15, 0.2) is 0 Å². The number of rotatable bonds is 0. The van der Waals surface area contributed by atoms with E-state index in [9.17, 15) is 0 Å². The van der Waals surface area contributed by atoms with Gasteiger partial charge in [-0.05, 0) is 12.8 Å². The van der Waals surface area contributed by atoms with E-state index in [2.05, 4.69) is 0 Å². The minimum absolute atomic E-state index is 0.207.